The Morgan fingerprint density at radius 1 is 1.25 bits per heavy atom. The summed E-state index contributed by atoms with van der Waals surface area (Å²) in [6, 6.07) is 6.84. The maximum Gasteiger partial charge on any atom is 1.00 e. The van der Waals surface area contributed by atoms with Gasteiger partial charge in [-0.2, -0.15) is 0 Å². The second kappa shape index (κ2) is 7.29. The molecule has 1 N–H and O–H groups in total. The molecule has 4 nitrogen and oxygen atoms in total. The topological polar surface area (TPSA) is 69.2 Å². The van der Waals surface area contributed by atoms with Crippen LogP contribution in [-0.4, -0.2) is 13.0 Å². The van der Waals surface area contributed by atoms with E-state index in [-0.39, 0.29) is 29.6 Å². The van der Waals surface area contributed by atoms with Crippen molar-refractivity contribution < 1.29 is 42.5 Å². The Morgan fingerprint density at radius 3 is 2.25 bits per heavy atom. The number of nitrogens with one attached hydrogen (secondary N) is 1. The molecule has 0 spiro atoms. The van der Waals surface area contributed by atoms with E-state index < -0.39 is 10.3 Å². The molecule has 0 aromatic heterocycles. The number of unbranched alkanes of at least 4 members (excludes halogenated alkanes) is 1. The molecule has 0 amide bonds. The minimum Gasteiger partial charge on any atom is -0.731 e. The molecule has 16 heavy (non-hydrogen) atoms. The molecule has 6 heteroatoms. The molecule has 0 saturated heterocycles. The average Bonchev–Trinajstić information content (AvgIpc) is 2.14. The Labute approximate surface area is 119 Å². The summed E-state index contributed by atoms with van der Waals surface area (Å²) in [5.74, 6) is 0. The van der Waals surface area contributed by atoms with E-state index in [9.17, 15) is 13.0 Å². The van der Waals surface area contributed by atoms with Gasteiger partial charge in [0, 0.05) is 5.69 Å². The second-order valence-corrected chi connectivity index (χ2v) is 4.47. The predicted octanol–water partition coefficient (Wildman–Crippen LogP) is -1.09. The maximum absolute atomic E-state index is 10.4. The summed E-state index contributed by atoms with van der Waals surface area (Å²) in [5.41, 5.74) is 1.45. The first-order valence-electron chi connectivity index (χ1n) is 4.84. The van der Waals surface area contributed by atoms with Gasteiger partial charge in [0.05, 0.1) is 0 Å². The van der Waals surface area contributed by atoms with Crippen LogP contribution in [0.5, 0.6) is 0 Å². The van der Waals surface area contributed by atoms with Gasteiger partial charge in [-0.05, 0) is 30.5 Å². The van der Waals surface area contributed by atoms with Crippen molar-refractivity contribution in [1.82, 2.24) is 0 Å². The van der Waals surface area contributed by atoms with Gasteiger partial charge in [0.2, 0.25) is 0 Å². The summed E-state index contributed by atoms with van der Waals surface area (Å²) in [6.45, 7) is 2.11. The normalized spacial score (nSPS) is 10.6. The summed E-state index contributed by atoms with van der Waals surface area (Å²) < 4.78 is 33.1. The molecule has 84 valence electrons. The van der Waals surface area contributed by atoms with Crippen LogP contribution in [0.4, 0.5) is 5.69 Å². The van der Waals surface area contributed by atoms with Gasteiger partial charge in [0.1, 0.15) is 0 Å². The van der Waals surface area contributed by atoms with Crippen molar-refractivity contribution >= 4 is 16.0 Å². The third-order valence-corrected chi connectivity index (χ3v) is 2.50. The Hall–Kier alpha value is -0.0700. The van der Waals surface area contributed by atoms with Crippen molar-refractivity contribution in [1.29, 1.82) is 0 Å². The summed E-state index contributed by atoms with van der Waals surface area (Å²) in [7, 11) is -4.41. The van der Waals surface area contributed by atoms with Crippen LogP contribution in [0, 0.1) is 0 Å². The van der Waals surface area contributed by atoms with E-state index in [1.54, 1.807) is 12.1 Å². The van der Waals surface area contributed by atoms with Crippen molar-refractivity contribution in [3.05, 3.63) is 29.8 Å². The molecule has 0 radical (unpaired) electrons. The zero-order chi connectivity index (χ0) is 11.3. The molecule has 0 aliphatic heterocycles. The van der Waals surface area contributed by atoms with E-state index in [1.807, 2.05) is 16.9 Å². The van der Waals surface area contributed by atoms with E-state index in [1.165, 1.54) is 0 Å². The van der Waals surface area contributed by atoms with E-state index in [0.717, 1.165) is 24.8 Å². The van der Waals surface area contributed by atoms with E-state index >= 15 is 0 Å². The summed E-state index contributed by atoms with van der Waals surface area (Å²) in [6.07, 6.45) is 3.20. The third-order valence-electron chi connectivity index (χ3n) is 2.02. The van der Waals surface area contributed by atoms with Gasteiger partial charge in [0.25, 0.3) is 0 Å². The minimum absolute atomic E-state index is 0. The quantitative estimate of drug-likeness (QED) is 0.534. The van der Waals surface area contributed by atoms with Gasteiger partial charge >= 0.3 is 29.6 Å². The Morgan fingerprint density at radius 2 is 1.81 bits per heavy atom. The Balaban J connectivity index is 0.00000225. The largest absolute Gasteiger partial charge is 1.00 e. The molecule has 0 atom stereocenters. The van der Waals surface area contributed by atoms with Crippen molar-refractivity contribution in [3.63, 3.8) is 0 Å². The maximum atomic E-state index is 10.4. The number of benzene rings is 1. The molecular weight excluding hydrogens is 237 g/mol. The van der Waals surface area contributed by atoms with Crippen molar-refractivity contribution in [3.8, 4) is 0 Å². The number of rotatable bonds is 5. The monoisotopic (exact) mass is 251 g/mol. The molecule has 0 aliphatic rings. The first kappa shape index (κ1) is 15.9. The standard InChI is InChI=1S/C10H15NO3S.Na/c1-2-3-4-9-5-7-10(8-6-9)11-15(12,13)14;/h5-8,11H,2-4H2,1H3,(H,12,13,14);/q;+1/p-1. The zero-order valence-corrected chi connectivity index (χ0v) is 12.4. The van der Waals surface area contributed by atoms with Crippen LogP contribution >= 0.6 is 0 Å². The van der Waals surface area contributed by atoms with E-state index in [0.29, 0.717) is 5.69 Å². The first-order chi connectivity index (χ1) is 7.01. The SMILES string of the molecule is CCCCc1ccc(NS(=O)(=O)[O-])cc1.[Na+]. The van der Waals surface area contributed by atoms with Crippen LogP contribution in [0.1, 0.15) is 25.3 Å². The molecule has 0 fully saturated rings. The fourth-order valence-electron chi connectivity index (χ4n) is 1.26. The summed E-state index contributed by atoms with van der Waals surface area (Å²) >= 11 is 0. The molecule has 0 aliphatic carbocycles. The molecular formula is C10H14NNaO3S. The minimum atomic E-state index is -4.41. The third kappa shape index (κ3) is 6.50. The van der Waals surface area contributed by atoms with E-state index in [4.69, 9.17) is 0 Å². The van der Waals surface area contributed by atoms with Crippen LogP contribution in [0.15, 0.2) is 24.3 Å². The number of hydrogen-bond acceptors (Lipinski definition) is 3. The molecule has 0 unspecified atom stereocenters. The zero-order valence-electron chi connectivity index (χ0n) is 9.56. The van der Waals surface area contributed by atoms with Crippen LogP contribution in [0.25, 0.3) is 0 Å². The fourth-order valence-corrected chi connectivity index (χ4v) is 1.69. The van der Waals surface area contributed by atoms with Crippen molar-refractivity contribution in [2.24, 2.45) is 0 Å². The van der Waals surface area contributed by atoms with Gasteiger partial charge in [-0.25, -0.2) is 8.42 Å². The first-order valence-corrected chi connectivity index (χ1v) is 6.24. The average molecular weight is 251 g/mol. The van der Waals surface area contributed by atoms with Crippen LogP contribution in [0.3, 0.4) is 0 Å². The summed E-state index contributed by atoms with van der Waals surface area (Å²) in [5, 5.41) is 0. The number of aryl methyl sites for hydroxylation is 1. The van der Waals surface area contributed by atoms with Gasteiger partial charge < -0.3 is 4.55 Å². The van der Waals surface area contributed by atoms with Crippen molar-refractivity contribution in [2.45, 2.75) is 26.2 Å². The van der Waals surface area contributed by atoms with Crippen LogP contribution in [-0.2, 0) is 16.7 Å². The van der Waals surface area contributed by atoms with Gasteiger partial charge in [-0.1, -0.05) is 25.5 Å². The van der Waals surface area contributed by atoms with Gasteiger partial charge in [0.15, 0.2) is 10.3 Å². The molecule has 1 aromatic rings. The number of anilines is 1. The van der Waals surface area contributed by atoms with Gasteiger partial charge in [-0.3, -0.25) is 4.72 Å². The molecule has 0 bridgehead atoms. The molecule has 1 rings (SSSR count). The Kier molecular flexibility index (Phi) is 7.26. The smallest absolute Gasteiger partial charge is 0.731 e. The molecule has 1 aromatic carbocycles. The Bertz CT molecular complexity index is 403. The van der Waals surface area contributed by atoms with E-state index in [2.05, 4.69) is 6.92 Å². The summed E-state index contributed by atoms with van der Waals surface area (Å²) in [4.78, 5) is 0. The number of hydrogen-bond donors (Lipinski definition) is 1. The molecule has 0 heterocycles. The van der Waals surface area contributed by atoms with Crippen molar-refractivity contribution in [2.75, 3.05) is 4.72 Å². The fraction of sp³-hybridized carbons (Fsp3) is 0.400. The van der Waals surface area contributed by atoms with Gasteiger partial charge in [-0.15, -0.1) is 0 Å². The van der Waals surface area contributed by atoms with Crippen LogP contribution < -0.4 is 34.3 Å². The second-order valence-electron chi connectivity index (χ2n) is 3.36. The van der Waals surface area contributed by atoms with Crippen LogP contribution in [0.2, 0.25) is 0 Å². The predicted molar refractivity (Wildman–Crippen MR) is 58.4 cm³/mol. The molecule has 0 saturated carbocycles.